The Kier molecular flexibility index (Phi) is 8.82. The first kappa shape index (κ1) is 20.9. The van der Waals surface area contributed by atoms with Crippen LogP contribution in [0.4, 0.5) is 4.79 Å². The van der Waals surface area contributed by atoms with Crippen molar-refractivity contribution in [2.24, 2.45) is 5.10 Å². The Balaban J connectivity index is 2.04. The molecule has 27 heavy (non-hydrogen) atoms. The van der Waals surface area contributed by atoms with Crippen molar-refractivity contribution < 1.29 is 4.79 Å². The fraction of sp³-hybridized carbons (Fsp3) is 0.478. The predicted octanol–water partition coefficient (Wildman–Crippen LogP) is 5.64. The molecular formula is C23H33N3O. The lowest BCUT2D eigenvalue weighted by Gasteiger charge is -2.16. The molecule has 0 fully saturated rings. The van der Waals surface area contributed by atoms with Crippen LogP contribution in [0, 0.1) is 0 Å². The maximum Gasteiger partial charge on any atom is 0.338 e. The SMILES string of the molecule is C/C=C\C=C(/CC)CNC(=O)N1CC(c2ccccc2)C(CCCCC)=N1. The van der Waals surface area contributed by atoms with Crippen molar-refractivity contribution in [2.75, 3.05) is 13.1 Å². The maximum absolute atomic E-state index is 12.7. The van der Waals surface area contributed by atoms with Crippen molar-refractivity contribution in [3.8, 4) is 0 Å². The Morgan fingerprint density at radius 2 is 2.04 bits per heavy atom. The summed E-state index contributed by atoms with van der Waals surface area (Å²) >= 11 is 0. The van der Waals surface area contributed by atoms with E-state index in [4.69, 9.17) is 0 Å². The van der Waals surface area contributed by atoms with Gasteiger partial charge in [-0.05, 0) is 31.7 Å². The molecule has 4 nitrogen and oxygen atoms in total. The van der Waals surface area contributed by atoms with Crippen molar-refractivity contribution in [2.45, 2.75) is 58.8 Å². The summed E-state index contributed by atoms with van der Waals surface area (Å²) in [6, 6.07) is 10.3. The summed E-state index contributed by atoms with van der Waals surface area (Å²) in [5.74, 6) is 0.206. The molecule has 1 heterocycles. The zero-order valence-corrected chi connectivity index (χ0v) is 16.9. The molecule has 0 saturated carbocycles. The number of hydrazone groups is 1. The Morgan fingerprint density at radius 1 is 1.26 bits per heavy atom. The van der Waals surface area contributed by atoms with Crippen LogP contribution in [0.25, 0.3) is 0 Å². The Labute approximate surface area is 164 Å². The summed E-state index contributed by atoms with van der Waals surface area (Å²) < 4.78 is 0. The first-order valence-electron chi connectivity index (χ1n) is 10.2. The summed E-state index contributed by atoms with van der Waals surface area (Å²) in [4.78, 5) is 12.7. The number of benzene rings is 1. The molecule has 1 aliphatic rings. The van der Waals surface area contributed by atoms with Gasteiger partial charge in [0.25, 0.3) is 0 Å². The predicted molar refractivity (Wildman–Crippen MR) is 114 cm³/mol. The maximum atomic E-state index is 12.7. The third-order valence-electron chi connectivity index (χ3n) is 4.92. The van der Waals surface area contributed by atoms with E-state index in [-0.39, 0.29) is 11.9 Å². The highest BCUT2D eigenvalue weighted by molar-refractivity contribution is 5.94. The molecule has 1 aliphatic heterocycles. The lowest BCUT2D eigenvalue weighted by molar-refractivity contribution is 0.205. The second kappa shape index (κ2) is 11.4. The van der Waals surface area contributed by atoms with Gasteiger partial charge >= 0.3 is 6.03 Å². The molecule has 0 saturated heterocycles. The lowest BCUT2D eigenvalue weighted by Crippen LogP contribution is -2.37. The lowest BCUT2D eigenvalue weighted by atomic mass is 9.92. The number of hydrogen-bond donors (Lipinski definition) is 1. The fourth-order valence-electron chi connectivity index (χ4n) is 3.25. The zero-order valence-electron chi connectivity index (χ0n) is 16.9. The van der Waals surface area contributed by atoms with Crippen LogP contribution in [0.2, 0.25) is 0 Å². The van der Waals surface area contributed by atoms with Crippen LogP contribution in [0.1, 0.15) is 64.4 Å². The van der Waals surface area contributed by atoms with Crippen LogP contribution in [0.3, 0.4) is 0 Å². The molecule has 1 aromatic carbocycles. The molecule has 1 aromatic rings. The Bertz CT molecular complexity index is 676. The Hall–Kier alpha value is -2.36. The van der Waals surface area contributed by atoms with Gasteiger partial charge in [-0.15, -0.1) is 0 Å². The van der Waals surface area contributed by atoms with Crippen molar-refractivity contribution in [3.05, 3.63) is 59.7 Å². The van der Waals surface area contributed by atoms with Gasteiger partial charge in [-0.1, -0.05) is 80.8 Å². The minimum atomic E-state index is -0.110. The van der Waals surface area contributed by atoms with Gasteiger partial charge < -0.3 is 5.32 Å². The standard InChI is InChI=1S/C23H33N3O/c1-4-7-10-16-22-21(20-14-11-9-12-15-20)18-26(25-22)23(27)24-17-19(6-3)13-8-5-2/h5,8-9,11-15,21H,4,6-7,10,16-18H2,1-3H3,(H,24,27)/b8-5-,19-13+. The molecule has 1 N–H and O–H groups in total. The van der Waals surface area contributed by atoms with E-state index >= 15 is 0 Å². The van der Waals surface area contributed by atoms with Gasteiger partial charge in [-0.25, -0.2) is 9.80 Å². The molecule has 0 aliphatic carbocycles. The van der Waals surface area contributed by atoms with E-state index in [1.165, 1.54) is 24.0 Å². The van der Waals surface area contributed by atoms with Crippen molar-refractivity contribution in [1.29, 1.82) is 0 Å². The molecule has 0 radical (unpaired) electrons. The quantitative estimate of drug-likeness (QED) is 0.445. The smallest absolute Gasteiger partial charge is 0.333 e. The van der Waals surface area contributed by atoms with Crippen LogP contribution >= 0.6 is 0 Å². The third-order valence-corrected chi connectivity index (χ3v) is 4.92. The molecule has 4 heteroatoms. The summed E-state index contributed by atoms with van der Waals surface area (Å²) in [7, 11) is 0. The van der Waals surface area contributed by atoms with Crippen LogP contribution < -0.4 is 5.32 Å². The number of amides is 2. The molecule has 2 rings (SSSR count). The van der Waals surface area contributed by atoms with Gasteiger partial charge in [0.2, 0.25) is 0 Å². The van der Waals surface area contributed by atoms with Crippen LogP contribution in [0.5, 0.6) is 0 Å². The number of carbonyl (C=O) groups is 1. The summed E-state index contributed by atoms with van der Waals surface area (Å²) in [6.45, 7) is 7.49. The number of rotatable bonds is 9. The van der Waals surface area contributed by atoms with Gasteiger partial charge in [-0.3, -0.25) is 0 Å². The molecule has 0 spiro atoms. The molecule has 2 amide bonds. The van der Waals surface area contributed by atoms with E-state index in [1.54, 1.807) is 5.01 Å². The number of carbonyl (C=O) groups excluding carboxylic acids is 1. The van der Waals surface area contributed by atoms with Crippen LogP contribution in [-0.4, -0.2) is 29.8 Å². The largest absolute Gasteiger partial charge is 0.338 e. The summed E-state index contributed by atoms with van der Waals surface area (Å²) in [5, 5.41) is 9.32. The first-order valence-corrected chi connectivity index (χ1v) is 10.2. The van der Waals surface area contributed by atoms with E-state index < -0.39 is 0 Å². The van der Waals surface area contributed by atoms with Gasteiger partial charge in [0.05, 0.1) is 6.54 Å². The van der Waals surface area contributed by atoms with Gasteiger partial charge in [0.1, 0.15) is 0 Å². The van der Waals surface area contributed by atoms with E-state index in [1.807, 2.05) is 25.1 Å². The molecule has 146 valence electrons. The highest BCUT2D eigenvalue weighted by Gasteiger charge is 2.30. The summed E-state index contributed by atoms with van der Waals surface area (Å²) in [5.41, 5.74) is 3.57. The molecule has 0 bridgehead atoms. The zero-order chi connectivity index (χ0) is 19.5. The van der Waals surface area contributed by atoms with Gasteiger partial charge in [0, 0.05) is 18.2 Å². The van der Waals surface area contributed by atoms with Crippen LogP contribution in [-0.2, 0) is 0 Å². The average molecular weight is 368 g/mol. The van der Waals surface area contributed by atoms with Crippen molar-refractivity contribution in [3.63, 3.8) is 0 Å². The van der Waals surface area contributed by atoms with Gasteiger partial charge in [0.15, 0.2) is 0 Å². The number of nitrogens with one attached hydrogen (secondary N) is 1. The second-order valence-corrected chi connectivity index (χ2v) is 6.96. The van der Waals surface area contributed by atoms with Crippen LogP contribution in [0.15, 0.2) is 59.2 Å². The van der Waals surface area contributed by atoms with E-state index in [0.717, 1.165) is 25.0 Å². The van der Waals surface area contributed by atoms with Crippen molar-refractivity contribution in [1.82, 2.24) is 10.3 Å². The third kappa shape index (κ3) is 6.38. The molecule has 1 unspecified atom stereocenters. The minimum absolute atomic E-state index is 0.110. The fourth-order valence-corrected chi connectivity index (χ4v) is 3.25. The number of unbranched alkanes of at least 4 members (excludes halogenated alkanes) is 2. The molecule has 0 aromatic heterocycles. The topological polar surface area (TPSA) is 44.7 Å². The molecule has 1 atom stereocenters. The first-order chi connectivity index (χ1) is 13.2. The number of nitrogens with zero attached hydrogens (tertiary/aromatic N) is 2. The highest BCUT2D eigenvalue weighted by atomic mass is 16.2. The van der Waals surface area contributed by atoms with Crippen molar-refractivity contribution >= 4 is 11.7 Å². The summed E-state index contributed by atoms with van der Waals surface area (Å²) in [6.07, 6.45) is 11.5. The van der Waals surface area contributed by atoms with Gasteiger partial charge in [-0.2, -0.15) is 5.10 Å². The Morgan fingerprint density at radius 3 is 2.70 bits per heavy atom. The van der Waals surface area contributed by atoms with E-state index in [9.17, 15) is 4.79 Å². The number of urea groups is 1. The highest BCUT2D eigenvalue weighted by Crippen LogP contribution is 2.27. The monoisotopic (exact) mass is 367 g/mol. The van der Waals surface area contributed by atoms with E-state index in [2.05, 4.69) is 54.6 Å². The molecular weight excluding hydrogens is 334 g/mol. The second-order valence-electron chi connectivity index (χ2n) is 6.96. The van der Waals surface area contributed by atoms with E-state index in [0.29, 0.717) is 13.1 Å². The number of allylic oxidation sites excluding steroid dienone is 3. The average Bonchev–Trinajstić information content (AvgIpc) is 3.13. The minimum Gasteiger partial charge on any atom is -0.333 e. The number of hydrogen-bond acceptors (Lipinski definition) is 2. The normalized spacial score (nSPS) is 17.4.